The number of benzene rings is 3. The number of ether oxygens (including phenoxy) is 1. The van der Waals surface area contributed by atoms with Crippen LogP contribution in [-0.4, -0.2) is 26.0 Å². The molecule has 0 radical (unpaired) electrons. The lowest BCUT2D eigenvalue weighted by Gasteiger charge is -2.33. The van der Waals surface area contributed by atoms with Gasteiger partial charge in [0.25, 0.3) is 0 Å². The number of nitrogens with zero attached hydrogens (tertiary/aromatic N) is 3. The van der Waals surface area contributed by atoms with Gasteiger partial charge in [-0.2, -0.15) is 0 Å². The van der Waals surface area contributed by atoms with Gasteiger partial charge in [-0.05, 0) is 41.8 Å². The Morgan fingerprint density at radius 3 is 2.41 bits per heavy atom. The van der Waals surface area contributed by atoms with Crippen molar-refractivity contribution < 1.29 is 9.53 Å². The van der Waals surface area contributed by atoms with Crippen LogP contribution in [0.3, 0.4) is 0 Å². The first kappa shape index (κ1) is 22.0. The fraction of sp³-hybridized carbons (Fsp3) is 0.192. The number of aryl methyl sites for hydroxylation is 1. The number of aromatic nitrogens is 3. The van der Waals surface area contributed by atoms with Crippen molar-refractivity contribution in [3.63, 3.8) is 0 Å². The molecule has 0 unspecified atom stereocenters. The van der Waals surface area contributed by atoms with Gasteiger partial charge in [-0.15, -0.1) is 10.2 Å². The highest BCUT2D eigenvalue weighted by Gasteiger charge is 2.37. The molecule has 0 aliphatic carbocycles. The zero-order chi connectivity index (χ0) is 23.3. The Bertz CT molecular complexity index is 1250. The number of fused-ring (bicyclic) bond motifs is 1. The molecule has 7 nitrogen and oxygen atoms in total. The number of anilines is 1. The second-order valence-corrected chi connectivity index (χ2v) is 9.04. The molecule has 5 rings (SSSR count). The monoisotopic (exact) mass is 471 g/mol. The van der Waals surface area contributed by atoms with Crippen LogP contribution in [-0.2, 0) is 17.8 Å². The van der Waals surface area contributed by atoms with Crippen molar-refractivity contribution in [1.82, 2.24) is 14.9 Å². The van der Waals surface area contributed by atoms with Crippen molar-refractivity contribution in [3.05, 3.63) is 102 Å². The van der Waals surface area contributed by atoms with E-state index in [4.69, 9.17) is 4.74 Å². The van der Waals surface area contributed by atoms with E-state index in [-0.39, 0.29) is 18.6 Å². The maximum atomic E-state index is 13.4. The SMILES string of the molecule is CCc1ccc(NC(=O)[C@@H]2Sc3nnc(COc4ccccc4)n3N[C@H]2c2ccccc2)cc1. The molecule has 1 aliphatic heterocycles. The fourth-order valence-electron chi connectivity index (χ4n) is 3.80. The highest BCUT2D eigenvalue weighted by atomic mass is 32.2. The summed E-state index contributed by atoms with van der Waals surface area (Å²) in [6.07, 6.45) is 0.957. The van der Waals surface area contributed by atoms with Gasteiger partial charge >= 0.3 is 0 Å². The topological polar surface area (TPSA) is 81.1 Å². The van der Waals surface area contributed by atoms with Crippen molar-refractivity contribution in [2.24, 2.45) is 0 Å². The molecule has 3 aromatic carbocycles. The van der Waals surface area contributed by atoms with Gasteiger partial charge in [-0.3, -0.25) is 4.79 Å². The molecule has 0 spiro atoms. The van der Waals surface area contributed by atoms with Crippen LogP contribution in [0.2, 0.25) is 0 Å². The minimum atomic E-state index is -0.437. The van der Waals surface area contributed by atoms with E-state index < -0.39 is 5.25 Å². The normalized spacial score (nSPS) is 16.9. The van der Waals surface area contributed by atoms with Crippen LogP contribution in [0.15, 0.2) is 90.1 Å². The minimum absolute atomic E-state index is 0.0908. The van der Waals surface area contributed by atoms with E-state index in [1.807, 2.05) is 89.6 Å². The number of amides is 1. The predicted molar refractivity (Wildman–Crippen MR) is 133 cm³/mol. The van der Waals surface area contributed by atoms with Crippen molar-refractivity contribution in [1.29, 1.82) is 0 Å². The summed E-state index contributed by atoms with van der Waals surface area (Å²) in [4.78, 5) is 13.4. The van der Waals surface area contributed by atoms with Crippen LogP contribution in [0.4, 0.5) is 5.69 Å². The number of carbonyl (C=O) groups excluding carboxylic acids is 1. The first-order valence-electron chi connectivity index (χ1n) is 11.2. The molecule has 2 atom stereocenters. The van der Waals surface area contributed by atoms with Gasteiger partial charge < -0.3 is 15.5 Å². The van der Waals surface area contributed by atoms with Gasteiger partial charge in [0.1, 0.15) is 17.6 Å². The fourth-order valence-corrected chi connectivity index (χ4v) is 4.90. The number of rotatable bonds is 7. The predicted octanol–water partition coefficient (Wildman–Crippen LogP) is 4.82. The van der Waals surface area contributed by atoms with Gasteiger partial charge in [0.05, 0.1) is 6.04 Å². The van der Waals surface area contributed by atoms with Crippen LogP contribution in [0.25, 0.3) is 0 Å². The van der Waals surface area contributed by atoms with E-state index in [2.05, 4.69) is 27.9 Å². The number of hydrogen-bond donors (Lipinski definition) is 2. The molecule has 0 fully saturated rings. The van der Waals surface area contributed by atoms with Gasteiger partial charge in [0.15, 0.2) is 5.82 Å². The molecule has 1 aliphatic rings. The van der Waals surface area contributed by atoms with E-state index in [0.29, 0.717) is 11.0 Å². The summed E-state index contributed by atoms with van der Waals surface area (Å²) < 4.78 is 7.70. The summed E-state index contributed by atoms with van der Waals surface area (Å²) in [6.45, 7) is 2.37. The molecule has 1 aromatic heterocycles. The average Bonchev–Trinajstić information content (AvgIpc) is 3.30. The van der Waals surface area contributed by atoms with Crippen LogP contribution < -0.4 is 15.5 Å². The van der Waals surface area contributed by atoms with Crippen LogP contribution in [0.1, 0.15) is 29.9 Å². The lowest BCUT2D eigenvalue weighted by Crippen LogP contribution is -2.41. The lowest BCUT2D eigenvalue weighted by molar-refractivity contribution is -0.116. The average molecular weight is 472 g/mol. The van der Waals surface area contributed by atoms with Crippen LogP contribution >= 0.6 is 11.8 Å². The first-order valence-corrected chi connectivity index (χ1v) is 12.1. The molecular weight excluding hydrogens is 446 g/mol. The number of thioether (sulfide) groups is 1. The third kappa shape index (κ3) is 4.77. The summed E-state index contributed by atoms with van der Waals surface area (Å²) in [5.74, 6) is 1.31. The molecule has 1 amide bonds. The van der Waals surface area contributed by atoms with Crippen molar-refractivity contribution in [3.8, 4) is 5.75 Å². The van der Waals surface area contributed by atoms with E-state index in [0.717, 1.165) is 23.4 Å². The highest BCUT2D eigenvalue weighted by Crippen LogP contribution is 2.37. The zero-order valence-electron chi connectivity index (χ0n) is 18.7. The highest BCUT2D eigenvalue weighted by molar-refractivity contribution is 8.00. The third-order valence-corrected chi connectivity index (χ3v) is 6.88. The van der Waals surface area contributed by atoms with Gasteiger partial charge in [0, 0.05) is 5.69 Å². The maximum absolute atomic E-state index is 13.4. The second kappa shape index (κ2) is 10.0. The molecule has 0 bridgehead atoms. The molecule has 2 heterocycles. The molecule has 0 saturated heterocycles. The quantitative estimate of drug-likeness (QED) is 0.402. The summed E-state index contributed by atoms with van der Waals surface area (Å²) >= 11 is 1.40. The van der Waals surface area contributed by atoms with Gasteiger partial charge in [0.2, 0.25) is 11.1 Å². The smallest absolute Gasteiger partial charge is 0.240 e. The van der Waals surface area contributed by atoms with Crippen LogP contribution in [0.5, 0.6) is 5.75 Å². The maximum Gasteiger partial charge on any atom is 0.240 e. The number of carbonyl (C=O) groups is 1. The summed E-state index contributed by atoms with van der Waals surface area (Å²) in [6, 6.07) is 27.2. The Morgan fingerprint density at radius 1 is 1.00 bits per heavy atom. The molecule has 8 heteroatoms. The Kier molecular flexibility index (Phi) is 6.49. The Hall–Kier alpha value is -3.78. The first-order chi connectivity index (χ1) is 16.7. The molecule has 172 valence electrons. The van der Waals surface area contributed by atoms with Crippen molar-refractivity contribution >= 4 is 23.4 Å². The Labute approximate surface area is 202 Å². The lowest BCUT2D eigenvalue weighted by atomic mass is 10.0. The summed E-state index contributed by atoms with van der Waals surface area (Å²) in [5.41, 5.74) is 6.47. The standard InChI is InChI=1S/C26H25N5O2S/c1-2-18-13-15-20(16-14-18)27-25(32)24-23(19-9-5-3-6-10-19)30-31-22(28-29-26(31)34-24)17-33-21-11-7-4-8-12-21/h3-16,23-24,30H,2,17H2,1H3,(H,27,32)/t23-,24+/m0/s1. The molecule has 0 saturated carbocycles. The summed E-state index contributed by atoms with van der Waals surface area (Å²) in [5, 5.41) is 11.9. The van der Waals surface area contributed by atoms with Crippen LogP contribution in [0, 0.1) is 0 Å². The van der Waals surface area contributed by atoms with E-state index >= 15 is 0 Å². The van der Waals surface area contributed by atoms with E-state index in [9.17, 15) is 4.79 Å². The summed E-state index contributed by atoms with van der Waals surface area (Å²) in [7, 11) is 0. The molecule has 4 aromatic rings. The van der Waals surface area contributed by atoms with Gasteiger partial charge in [-0.25, -0.2) is 4.68 Å². The second-order valence-electron chi connectivity index (χ2n) is 7.93. The van der Waals surface area contributed by atoms with Crippen molar-refractivity contribution in [2.75, 3.05) is 10.7 Å². The molecule has 2 N–H and O–H groups in total. The molecular formula is C26H25N5O2S. The van der Waals surface area contributed by atoms with Crippen molar-refractivity contribution in [2.45, 2.75) is 36.4 Å². The Balaban J connectivity index is 1.39. The van der Waals surface area contributed by atoms with Gasteiger partial charge in [-0.1, -0.05) is 79.3 Å². The Morgan fingerprint density at radius 2 is 1.71 bits per heavy atom. The number of hydrogen-bond acceptors (Lipinski definition) is 6. The third-order valence-electron chi connectivity index (χ3n) is 5.66. The van der Waals surface area contributed by atoms with E-state index in [1.165, 1.54) is 17.3 Å². The largest absolute Gasteiger partial charge is 0.486 e. The van der Waals surface area contributed by atoms with E-state index in [1.54, 1.807) is 0 Å². The zero-order valence-corrected chi connectivity index (χ0v) is 19.5. The molecule has 34 heavy (non-hydrogen) atoms. The minimum Gasteiger partial charge on any atom is -0.486 e. The number of para-hydroxylation sites is 1. The number of nitrogens with one attached hydrogen (secondary N) is 2.